The molecule has 1 N–H and O–H groups in total. The van der Waals surface area contributed by atoms with Gasteiger partial charge in [-0.1, -0.05) is 36.4 Å². The normalized spacial score (nSPS) is 19.7. The standard InChI is InChI=1S/C17H20N2/c1-13(14-7-3-2-4-8-14)19-16-11-5-9-15-10-6-12-18-17(15)16/h2-4,6-8,10,12-13,16,19H,5,9,11H2,1H3/t13-,16?/m1/s1. The smallest absolute Gasteiger partial charge is 0.0605 e. The second-order valence-corrected chi connectivity index (χ2v) is 5.29. The summed E-state index contributed by atoms with van der Waals surface area (Å²) in [5.74, 6) is 0. The summed E-state index contributed by atoms with van der Waals surface area (Å²) in [6.45, 7) is 2.23. The van der Waals surface area contributed by atoms with Gasteiger partial charge in [0.15, 0.2) is 0 Å². The van der Waals surface area contributed by atoms with Crippen molar-refractivity contribution in [2.24, 2.45) is 0 Å². The molecule has 0 aliphatic heterocycles. The summed E-state index contributed by atoms with van der Waals surface area (Å²) in [5, 5.41) is 3.73. The SMILES string of the molecule is C[C@@H](NC1CCCc2cccnc21)c1ccccc1. The van der Waals surface area contributed by atoms with E-state index in [2.05, 4.69) is 53.6 Å². The van der Waals surface area contributed by atoms with Crippen LogP contribution < -0.4 is 5.32 Å². The zero-order valence-corrected chi connectivity index (χ0v) is 11.3. The highest BCUT2D eigenvalue weighted by atomic mass is 15.0. The van der Waals surface area contributed by atoms with Crippen molar-refractivity contribution >= 4 is 0 Å². The van der Waals surface area contributed by atoms with Crippen LogP contribution in [0, 0.1) is 0 Å². The fraction of sp³-hybridized carbons (Fsp3) is 0.353. The Bertz CT molecular complexity index is 536. The van der Waals surface area contributed by atoms with Gasteiger partial charge in [-0.2, -0.15) is 0 Å². The molecule has 98 valence electrons. The van der Waals surface area contributed by atoms with Crippen LogP contribution in [0.2, 0.25) is 0 Å². The van der Waals surface area contributed by atoms with Crippen molar-refractivity contribution in [1.82, 2.24) is 10.3 Å². The molecule has 2 heteroatoms. The Morgan fingerprint density at radius 2 is 2.00 bits per heavy atom. The fourth-order valence-electron chi connectivity index (χ4n) is 2.91. The number of hydrogen-bond acceptors (Lipinski definition) is 2. The van der Waals surface area contributed by atoms with Crippen LogP contribution in [0.4, 0.5) is 0 Å². The molecular formula is C17H20N2. The van der Waals surface area contributed by atoms with Gasteiger partial charge in [0, 0.05) is 12.2 Å². The maximum atomic E-state index is 4.58. The van der Waals surface area contributed by atoms with Gasteiger partial charge in [-0.05, 0) is 43.4 Å². The van der Waals surface area contributed by atoms with Gasteiger partial charge in [0.25, 0.3) is 0 Å². The van der Waals surface area contributed by atoms with Crippen molar-refractivity contribution in [3.8, 4) is 0 Å². The third-order valence-corrected chi connectivity index (χ3v) is 3.95. The molecule has 1 aromatic carbocycles. The summed E-state index contributed by atoms with van der Waals surface area (Å²) >= 11 is 0. The number of hydrogen-bond donors (Lipinski definition) is 1. The molecule has 0 amide bonds. The molecular weight excluding hydrogens is 232 g/mol. The molecule has 2 aromatic rings. The van der Waals surface area contributed by atoms with Crippen molar-refractivity contribution in [3.05, 3.63) is 65.5 Å². The van der Waals surface area contributed by atoms with E-state index in [9.17, 15) is 0 Å². The number of pyridine rings is 1. The monoisotopic (exact) mass is 252 g/mol. The van der Waals surface area contributed by atoms with Crippen LogP contribution >= 0.6 is 0 Å². The zero-order chi connectivity index (χ0) is 13.1. The molecule has 0 radical (unpaired) electrons. The molecule has 1 aliphatic carbocycles. The van der Waals surface area contributed by atoms with E-state index in [4.69, 9.17) is 0 Å². The molecule has 1 unspecified atom stereocenters. The lowest BCUT2D eigenvalue weighted by Crippen LogP contribution is -2.28. The van der Waals surface area contributed by atoms with Gasteiger partial charge >= 0.3 is 0 Å². The minimum Gasteiger partial charge on any atom is -0.302 e. The van der Waals surface area contributed by atoms with Gasteiger partial charge < -0.3 is 5.32 Å². The molecule has 1 aromatic heterocycles. The van der Waals surface area contributed by atoms with Crippen LogP contribution in [0.3, 0.4) is 0 Å². The van der Waals surface area contributed by atoms with Crippen LogP contribution in [0.1, 0.15) is 48.7 Å². The predicted octanol–water partition coefficient (Wildman–Crippen LogP) is 3.81. The first-order chi connectivity index (χ1) is 9.34. The lowest BCUT2D eigenvalue weighted by molar-refractivity contribution is 0.406. The molecule has 1 heterocycles. The van der Waals surface area contributed by atoms with Crippen molar-refractivity contribution in [1.29, 1.82) is 0 Å². The Hall–Kier alpha value is -1.67. The second kappa shape index (κ2) is 5.54. The third-order valence-electron chi connectivity index (χ3n) is 3.95. The topological polar surface area (TPSA) is 24.9 Å². The lowest BCUT2D eigenvalue weighted by Gasteiger charge is -2.28. The van der Waals surface area contributed by atoms with Gasteiger partial charge in [-0.25, -0.2) is 0 Å². The van der Waals surface area contributed by atoms with Crippen molar-refractivity contribution in [3.63, 3.8) is 0 Å². The lowest BCUT2D eigenvalue weighted by atomic mass is 9.91. The fourth-order valence-corrected chi connectivity index (χ4v) is 2.91. The Labute approximate surface area is 114 Å². The quantitative estimate of drug-likeness (QED) is 0.898. The summed E-state index contributed by atoms with van der Waals surface area (Å²) in [4.78, 5) is 4.58. The van der Waals surface area contributed by atoms with E-state index in [1.165, 1.54) is 36.1 Å². The van der Waals surface area contributed by atoms with Crippen molar-refractivity contribution < 1.29 is 0 Å². The highest BCUT2D eigenvalue weighted by Gasteiger charge is 2.22. The average molecular weight is 252 g/mol. The average Bonchev–Trinajstić information content (AvgIpc) is 2.48. The Morgan fingerprint density at radius 3 is 2.84 bits per heavy atom. The van der Waals surface area contributed by atoms with Crippen LogP contribution in [-0.4, -0.2) is 4.98 Å². The number of rotatable bonds is 3. The number of nitrogens with one attached hydrogen (secondary N) is 1. The van der Waals surface area contributed by atoms with E-state index in [-0.39, 0.29) is 0 Å². The molecule has 3 rings (SSSR count). The Kier molecular flexibility index (Phi) is 3.60. The maximum Gasteiger partial charge on any atom is 0.0605 e. The van der Waals surface area contributed by atoms with Gasteiger partial charge in [-0.3, -0.25) is 4.98 Å². The third kappa shape index (κ3) is 2.69. The molecule has 19 heavy (non-hydrogen) atoms. The van der Waals surface area contributed by atoms with Gasteiger partial charge in [0.2, 0.25) is 0 Å². The molecule has 2 nitrogen and oxygen atoms in total. The summed E-state index contributed by atoms with van der Waals surface area (Å²) in [6.07, 6.45) is 5.51. The number of aromatic nitrogens is 1. The van der Waals surface area contributed by atoms with E-state index < -0.39 is 0 Å². The molecule has 0 spiro atoms. The molecule has 0 saturated heterocycles. The summed E-state index contributed by atoms with van der Waals surface area (Å²) < 4.78 is 0. The van der Waals surface area contributed by atoms with E-state index in [1.807, 2.05) is 12.3 Å². The Morgan fingerprint density at radius 1 is 1.16 bits per heavy atom. The van der Waals surface area contributed by atoms with Crippen LogP contribution in [0.25, 0.3) is 0 Å². The van der Waals surface area contributed by atoms with Crippen molar-refractivity contribution in [2.45, 2.75) is 38.3 Å². The van der Waals surface area contributed by atoms with E-state index >= 15 is 0 Å². The first-order valence-corrected chi connectivity index (χ1v) is 7.09. The first kappa shape index (κ1) is 12.4. The highest BCUT2D eigenvalue weighted by molar-refractivity contribution is 5.26. The summed E-state index contributed by atoms with van der Waals surface area (Å²) in [6, 6.07) is 15.6. The largest absolute Gasteiger partial charge is 0.302 e. The minimum absolute atomic E-state index is 0.360. The first-order valence-electron chi connectivity index (χ1n) is 7.09. The summed E-state index contributed by atoms with van der Waals surface area (Å²) in [5.41, 5.74) is 3.99. The van der Waals surface area contributed by atoms with E-state index in [0.29, 0.717) is 12.1 Å². The molecule has 0 bridgehead atoms. The maximum absolute atomic E-state index is 4.58. The minimum atomic E-state index is 0.360. The number of aryl methyl sites for hydroxylation is 1. The van der Waals surface area contributed by atoms with Crippen LogP contribution in [0.5, 0.6) is 0 Å². The van der Waals surface area contributed by atoms with Crippen molar-refractivity contribution in [2.75, 3.05) is 0 Å². The number of fused-ring (bicyclic) bond motifs is 1. The van der Waals surface area contributed by atoms with Gasteiger partial charge in [-0.15, -0.1) is 0 Å². The molecule has 0 fully saturated rings. The number of nitrogens with zero attached hydrogens (tertiary/aromatic N) is 1. The molecule has 0 saturated carbocycles. The highest BCUT2D eigenvalue weighted by Crippen LogP contribution is 2.29. The van der Waals surface area contributed by atoms with Gasteiger partial charge in [0.1, 0.15) is 0 Å². The summed E-state index contributed by atoms with van der Waals surface area (Å²) in [7, 11) is 0. The molecule has 2 atom stereocenters. The van der Waals surface area contributed by atoms with Gasteiger partial charge in [0.05, 0.1) is 11.7 Å². The predicted molar refractivity (Wildman–Crippen MR) is 77.9 cm³/mol. The van der Waals surface area contributed by atoms with E-state index in [1.54, 1.807) is 0 Å². The second-order valence-electron chi connectivity index (χ2n) is 5.29. The van der Waals surface area contributed by atoms with Crippen LogP contribution in [-0.2, 0) is 6.42 Å². The Balaban J connectivity index is 1.78. The molecule has 1 aliphatic rings. The zero-order valence-electron chi connectivity index (χ0n) is 11.3. The van der Waals surface area contributed by atoms with E-state index in [0.717, 1.165) is 0 Å². The number of benzene rings is 1. The van der Waals surface area contributed by atoms with Crippen LogP contribution in [0.15, 0.2) is 48.7 Å².